The van der Waals surface area contributed by atoms with Gasteiger partial charge in [0.15, 0.2) is 5.82 Å². The number of pyridine rings is 1. The highest BCUT2D eigenvalue weighted by Gasteiger charge is 2.13. The third-order valence-corrected chi connectivity index (χ3v) is 3.46. The largest absolute Gasteiger partial charge is 0.294 e. The summed E-state index contributed by atoms with van der Waals surface area (Å²) < 4.78 is 31.5. The van der Waals surface area contributed by atoms with Crippen LogP contribution < -0.4 is 0 Å². The zero-order valence-corrected chi connectivity index (χ0v) is 11.4. The summed E-state index contributed by atoms with van der Waals surface area (Å²) in [6.07, 6.45) is 1.24. The van der Waals surface area contributed by atoms with Gasteiger partial charge in [-0.1, -0.05) is 18.2 Å². The van der Waals surface area contributed by atoms with Crippen LogP contribution >= 0.6 is 0 Å². The van der Waals surface area contributed by atoms with Crippen molar-refractivity contribution in [2.24, 2.45) is 15.4 Å². The SMILES string of the molecule is O=Nc1ccc(N=NCc2ccccc2S(=O)(=O)O)nc1. The van der Waals surface area contributed by atoms with E-state index in [-0.39, 0.29) is 22.9 Å². The molecule has 21 heavy (non-hydrogen) atoms. The molecule has 0 atom stereocenters. The molecule has 1 aromatic heterocycles. The van der Waals surface area contributed by atoms with Gasteiger partial charge in [-0.15, -0.1) is 10.0 Å². The van der Waals surface area contributed by atoms with Crippen LogP contribution in [0.1, 0.15) is 5.56 Å². The van der Waals surface area contributed by atoms with Gasteiger partial charge in [0.25, 0.3) is 10.1 Å². The van der Waals surface area contributed by atoms with Crippen molar-refractivity contribution in [3.63, 3.8) is 0 Å². The fourth-order valence-corrected chi connectivity index (χ4v) is 2.28. The minimum atomic E-state index is -4.30. The minimum Gasteiger partial charge on any atom is -0.282 e. The average molecular weight is 306 g/mol. The Morgan fingerprint density at radius 2 is 1.90 bits per heavy atom. The number of azo groups is 1. The fourth-order valence-electron chi connectivity index (χ4n) is 1.56. The zero-order chi connectivity index (χ0) is 15.3. The zero-order valence-electron chi connectivity index (χ0n) is 10.6. The van der Waals surface area contributed by atoms with E-state index in [4.69, 9.17) is 4.55 Å². The van der Waals surface area contributed by atoms with E-state index in [0.29, 0.717) is 5.56 Å². The average Bonchev–Trinajstić information content (AvgIpc) is 2.47. The molecule has 108 valence electrons. The van der Waals surface area contributed by atoms with Crippen LogP contribution in [-0.2, 0) is 16.7 Å². The molecule has 1 N–H and O–H groups in total. The Kier molecular flexibility index (Phi) is 4.45. The van der Waals surface area contributed by atoms with Crippen LogP contribution in [0.15, 0.2) is 62.9 Å². The lowest BCUT2D eigenvalue weighted by Crippen LogP contribution is -2.02. The van der Waals surface area contributed by atoms with Crippen LogP contribution in [0.2, 0.25) is 0 Å². The monoisotopic (exact) mass is 306 g/mol. The molecule has 1 heterocycles. The van der Waals surface area contributed by atoms with Crippen LogP contribution in [0.3, 0.4) is 0 Å². The first-order valence-electron chi connectivity index (χ1n) is 5.73. The molecule has 0 aliphatic rings. The number of hydrogen-bond acceptors (Lipinski definition) is 7. The van der Waals surface area contributed by atoms with Gasteiger partial charge in [0.05, 0.1) is 17.6 Å². The molecular weight excluding hydrogens is 296 g/mol. The van der Waals surface area contributed by atoms with Crippen LogP contribution in [0.25, 0.3) is 0 Å². The molecule has 2 aromatic rings. The van der Waals surface area contributed by atoms with Gasteiger partial charge < -0.3 is 0 Å². The van der Waals surface area contributed by atoms with Gasteiger partial charge in [-0.25, -0.2) is 4.98 Å². The molecular formula is C12H10N4O4S. The van der Waals surface area contributed by atoms with Gasteiger partial charge in [0, 0.05) is 0 Å². The molecule has 0 bridgehead atoms. The molecule has 8 nitrogen and oxygen atoms in total. The van der Waals surface area contributed by atoms with E-state index in [0.717, 1.165) is 0 Å². The van der Waals surface area contributed by atoms with E-state index in [2.05, 4.69) is 20.4 Å². The molecule has 0 spiro atoms. The van der Waals surface area contributed by atoms with Crippen molar-refractivity contribution in [1.29, 1.82) is 0 Å². The van der Waals surface area contributed by atoms with E-state index in [9.17, 15) is 13.3 Å². The molecule has 0 aliphatic heterocycles. The van der Waals surface area contributed by atoms with Crippen molar-refractivity contribution in [1.82, 2.24) is 4.98 Å². The van der Waals surface area contributed by atoms with E-state index in [1.165, 1.54) is 36.5 Å². The molecule has 2 rings (SSSR count). The van der Waals surface area contributed by atoms with E-state index >= 15 is 0 Å². The summed E-state index contributed by atoms with van der Waals surface area (Å²) in [5.74, 6) is 0.256. The molecule has 0 radical (unpaired) electrons. The van der Waals surface area contributed by atoms with E-state index in [1.807, 2.05) is 0 Å². The Balaban J connectivity index is 2.16. The lowest BCUT2D eigenvalue weighted by atomic mass is 10.2. The molecule has 1 aromatic carbocycles. The number of benzene rings is 1. The second kappa shape index (κ2) is 6.29. The van der Waals surface area contributed by atoms with Crippen molar-refractivity contribution >= 4 is 21.6 Å². The van der Waals surface area contributed by atoms with Crippen molar-refractivity contribution in [2.75, 3.05) is 0 Å². The molecule has 0 amide bonds. The maximum Gasteiger partial charge on any atom is 0.294 e. The van der Waals surface area contributed by atoms with Crippen molar-refractivity contribution < 1.29 is 13.0 Å². The smallest absolute Gasteiger partial charge is 0.282 e. The highest BCUT2D eigenvalue weighted by molar-refractivity contribution is 7.85. The highest BCUT2D eigenvalue weighted by atomic mass is 32.2. The van der Waals surface area contributed by atoms with E-state index in [1.54, 1.807) is 6.07 Å². The first-order chi connectivity index (χ1) is 10.0. The Morgan fingerprint density at radius 3 is 2.52 bits per heavy atom. The molecule has 0 unspecified atom stereocenters. The molecule has 9 heteroatoms. The predicted octanol–water partition coefficient (Wildman–Crippen LogP) is 3.01. The van der Waals surface area contributed by atoms with Crippen LogP contribution in [0.4, 0.5) is 11.5 Å². The Bertz CT molecular complexity index is 772. The Hall–Kier alpha value is -2.52. The second-order valence-corrected chi connectivity index (χ2v) is 5.34. The summed E-state index contributed by atoms with van der Waals surface area (Å²) >= 11 is 0. The van der Waals surface area contributed by atoms with Gasteiger partial charge in [0.1, 0.15) is 5.69 Å². The van der Waals surface area contributed by atoms with Gasteiger partial charge in [-0.2, -0.15) is 13.5 Å². The first-order valence-corrected chi connectivity index (χ1v) is 7.17. The topological polar surface area (TPSA) is 121 Å². The Morgan fingerprint density at radius 1 is 1.14 bits per heavy atom. The quantitative estimate of drug-likeness (QED) is 0.517. The summed E-state index contributed by atoms with van der Waals surface area (Å²) in [5, 5.41) is 10.3. The summed E-state index contributed by atoms with van der Waals surface area (Å²) in [7, 11) is -4.30. The summed E-state index contributed by atoms with van der Waals surface area (Å²) in [4.78, 5) is 13.8. The van der Waals surface area contributed by atoms with E-state index < -0.39 is 10.1 Å². The number of nitrogens with zero attached hydrogens (tertiary/aromatic N) is 4. The fraction of sp³-hybridized carbons (Fsp3) is 0.0833. The van der Waals surface area contributed by atoms with Gasteiger partial charge in [-0.05, 0) is 28.9 Å². The maximum atomic E-state index is 11.2. The number of hydrogen-bond donors (Lipinski definition) is 1. The van der Waals surface area contributed by atoms with Gasteiger partial charge in [0.2, 0.25) is 0 Å². The van der Waals surface area contributed by atoms with Crippen LogP contribution in [-0.4, -0.2) is 18.0 Å². The van der Waals surface area contributed by atoms with Crippen LogP contribution in [0, 0.1) is 4.91 Å². The molecule has 0 saturated carbocycles. The second-order valence-electron chi connectivity index (χ2n) is 3.95. The van der Waals surface area contributed by atoms with Crippen molar-refractivity contribution in [3.8, 4) is 0 Å². The summed E-state index contributed by atoms with van der Waals surface area (Å²) in [5.41, 5.74) is 0.487. The predicted molar refractivity (Wildman–Crippen MR) is 74.2 cm³/mol. The normalized spacial score (nSPS) is 11.7. The number of nitroso groups, excluding NO2 is 1. The van der Waals surface area contributed by atoms with Gasteiger partial charge >= 0.3 is 0 Å². The standard InChI is InChI=1S/C12H10N4O4S/c17-16-10-5-6-12(13-8-10)15-14-7-9-3-1-2-4-11(9)21(18,19)20/h1-6,8H,7H2,(H,18,19,20). The first kappa shape index (κ1) is 14.9. The summed E-state index contributed by atoms with van der Waals surface area (Å²) in [6, 6.07) is 8.81. The molecule has 0 saturated heterocycles. The minimum absolute atomic E-state index is 0.0364. The third-order valence-electron chi connectivity index (χ3n) is 2.50. The number of rotatable bonds is 5. The van der Waals surface area contributed by atoms with Crippen molar-refractivity contribution in [2.45, 2.75) is 11.4 Å². The maximum absolute atomic E-state index is 11.2. The van der Waals surface area contributed by atoms with Gasteiger partial charge in [-0.3, -0.25) is 4.55 Å². The lowest BCUT2D eigenvalue weighted by molar-refractivity contribution is 0.482. The van der Waals surface area contributed by atoms with Crippen molar-refractivity contribution in [3.05, 3.63) is 53.1 Å². The number of aromatic nitrogens is 1. The summed E-state index contributed by atoms with van der Waals surface area (Å²) in [6.45, 7) is -0.0364. The third kappa shape index (κ3) is 3.97. The van der Waals surface area contributed by atoms with Crippen LogP contribution in [0.5, 0.6) is 0 Å². The lowest BCUT2D eigenvalue weighted by Gasteiger charge is -2.02. The highest BCUT2D eigenvalue weighted by Crippen LogP contribution is 2.18. The molecule has 0 fully saturated rings. The molecule has 0 aliphatic carbocycles. The Labute approximate surface area is 120 Å².